The molecule has 1 aliphatic rings. The van der Waals surface area contributed by atoms with Crippen molar-refractivity contribution in [2.75, 3.05) is 33.3 Å². The first-order valence-electron chi connectivity index (χ1n) is 6.36. The van der Waals surface area contributed by atoms with Gasteiger partial charge in [-0.05, 0) is 23.4 Å². The summed E-state index contributed by atoms with van der Waals surface area (Å²) in [4.78, 5) is 15.0. The van der Waals surface area contributed by atoms with Crippen LogP contribution in [0.15, 0.2) is 11.4 Å². The first-order valence-corrected chi connectivity index (χ1v) is 7.24. The van der Waals surface area contributed by atoms with Crippen LogP contribution in [0.1, 0.15) is 22.2 Å². The zero-order valence-electron chi connectivity index (χ0n) is 10.9. The maximum atomic E-state index is 12.3. The van der Waals surface area contributed by atoms with Crippen molar-refractivity contribution < 1.29 is 9.53 Å². The quantitative estimate of drug-likeness (QED) is 0.897. The van der Waals surface area contributed by atoms with E-state index in [1.165, 1.54) is 11.3 Å². The molecule has 1 aromatic rings. The van der Waals surface area contributed by atoms with Crippen molar-refractivity contribution in [3.8, 4) is 0 Å². The van der Waals surface area contributed by atoms with E-state index in [2.05, 4.69) is 12.2 Å². The molecule has 4 nitrogen and oxygen atoms in total. The Labute approximate surface area is 112 Å². The lowest BCUT2D eigenvalue weighted by Crippen LogP contribution is -2.45. The predicted molar refractivity (Wildman–Crippen MR) is 73.3 cm³/mol. The zero-order valence-corrected chi connectivity index (χ0v) is 11.8. The van der Waals surface area contributed by atoms with Crippen LogP contribution >= 0.6 is 11.3 Å². The van der Waals surface area contributed by atoms with E-state index in [4.69, 9.17) is 4.74 Å². The number of nitrogens with one attached hydrogen (secondary N) is 1. The monoisotopic (exact) mass is 268 g/mol. The molecule has 1 aromatic heterocycles. The average molecular weight is 268 g/mol. The van der Waals surface area contributed by atoms with Gasteiger partial charge >= 0.3 is 0 Å². The molecule has 1 aliphatic heterocycles. The highest BCUT2D eigenvalue weighted by molar-refractivity contribution is 7.12. The third kappa shape index (κ3) is 3.10. The summed E-state index contributed by atoms with van der Waals surface area (Å²) in [5, 5.41) is 5.26. The zero-order chi connectivity index (χ0) is 13.0. The van der Waals surface area contributed by atoms with Gasteiger partial charge in [-0.3, -0.25) is 4.79 Å². The molecular weight excluding hydrogens is 248 g/mol. The van der Waals surface area contributed by atoms with Gasteiger partial charge < -0.3 is 15.0 Å². The minimum absolute atomic E-state index is 0.107. The van der Waals surface area contributed by atoms with Gasteiger partial charge in [0.2, 0.25) is 0 Å². The van der Waals surface area contributed by atoms with Gasteiger partial charge in [0, 0.05) is 26.7 Å². The van der Waals surface area contributed by atoms with E-state index < -0.39 is 0 Å². The van der Waals surface area contributed by atoms with Crippen molar-refractivity contribution in [3.05, 3.63) is 21.9 Å². The molecule has 1 N–H and O–H groups in total. The van der Waals surface area contributed by atoms with E-state index in [9.17, 15) is 4.79 Å². The minimum Gasteiger partial charge on any atom is -0.374 e. The highest BCUT2D eigenvalue weighted by Crippen LogP contribution is 2.19. The highest BCUT2D eigenvalue weighted by Gasteiger charge is 2.21. The summed E-state index contributed by atoms with van der Waals surface area (Å²) in [6.07, 6.45) is 1.01. The molecule has 2 heterocycles. The molecule has 100 valence electrons. The lowest BCUT2D eigenvalue weighted by molar-refractivity contribution is 0.0104. The molecule has 1 saturated heterocycles. The van der Waals surface area contributed by atoms with Gasteiger partial charge in [-0.1, -0.05) is 6.92 Å². The summed E-state index contributed by atoms with van der Waals surface area (Å²) in [5.41, 5.74) is 1.14. The second-order valence-electron chi connectivity index (χ2n) is 4.51. The largest absolute Gasteiger partial charge is 0.374 e. The fourth-order valence-electron chi connectivity index (χ4n) is 2.10. The first-order chi connectivity index (χ1) is 8.72. The lowest BCUT2D eigenvalue weighted by Gasteiger charge is -2.28. The Morgan fingerprint density at radius 1 is 1.67 bits per heavy atom. The van der Waals surface area contributed by atoms with Crippen molar-refractivity contribution in [2.45, 2.75) is 19.4 Å². The summed E-state index contributed by atoms with van der Waals surface area (Å²) in [6.45, 7) is 5.17. The molecule has 1 fully saturated rings. The number of thiophene rings is 1. The number of carbonyl (C=O) groups excluding carboxylic acids is 1. The summed E-state index contributed by atoms with van der Waals surface area (Å²) in [7, 11) is 1.85. The van der Waals surface area contributed by atoms with Crippen LogP contribution in [0, 0.1) is 0 Å². The molecule has 0 radical (unpaired) electrons. The molecule has 1 amide bonds. The second-order valence-corrected chi connectivity index (χ2v) is 5.43. The maximum absolute atomic E-state index is 12.3. The number of nitrogens with zero attached hydrogens (tertiary/aromatic N) is 1. The third-order valence-corrected chi connectivity index (χ3v) is 4.10. The standard InChI is InChI=1S/C13H20N2O2S/c1-3-10-4-7-18-12(10)13(16)15(2)9-11-8-14-5-6-17-11/h4,7,11,14H,3,5-6,8-9H2,1-2H3. The van der Waals surface area contributed by atoms with Crippen LogP contribution < -0.4 is 5.32 Å². The average Bonchev–Trinajstić information content (AvgIpc) is 2.87. The van der Waals surface area contributed by atoms with E-state index in [1.807, 2.05) is 18.5 Å². The number of hydrogen-bond acceptors (Lipinski definition) is 4. The van der Waals surface area contributed by atoms with Gasteiger partial charge in [0.25, 0.3) is 5.91 Å². The van der Waals surface area contributed by atoms with Gasteiger partial charge in [0.15, 0.2) is 0 Å². The predicted octanol–water partition coefficient (Wildman–Crippen LogP) is 1.37. The maximum Gasteiger partial charge on any atom is 0.264 e. The Kier molecular flexibility index (Phi) is 4.74. The molecule has 18 heavy (non-hydrogen) atoms. The summed E-state index contributed by atoms with van der Waals surface area (Å²) in [6, 6.07) is 2.03. The number of morpholine rings is 1. The first kappa shape index (κ1) is 13.5. The van der Waals surface area contributed by atoms with Crippen molar-refractivity contribution in [1.29, 1.82) is 0 Å². The number of amides is 1. The topological polar surface area (TPSA) is 41.6 Å². The van der Waals surface area contributed by atoms with Crippen LogP contribution in [0.4, 0.5) is 0 Å². The molecule has 1 unspecified atom stereocenters. The fraction of sp³-hybridized carbons (Fsp3) is 0.615. The van der Waals surface area contributed by atoms with E-state index in [0.717, 1.165) is 36.6 Å². The van der Waals surface area contributed by atoms with Crippen LogP contribution in [0.2, 0.25) is 0 Å². The van der Waals surface area contributed by atoms with E-state index in [-0.39, 0.29) is 12.0 Å². The Morgan fingerprint density at radius 2 is 2.50 bits per heavy atom. The van der Waals surface area contributed by atoms with Crippen LogP contribution in [-0.4, -0.2) is 50.2 Å². The molecule has 1 atom stereocenters. The van der Waals surface area contributed by atoms with Gasteiger partial charge in [0.1, 0.15) is 0 Å². The van der Waals surface area contributed by atoms with Crippen molar-refractivity contribution in [2.24, 2.45) is 0 Å². The molecule has 5 heteroatoms. The van der Waals surface area contributed by atoms with Crippen LogP contribution in [0.5, 0.6) is 0 Å². The lowest BCUT2D eigenvalue weighted by atomic mass is 10.2. The third-order valence-electron chi connectivity index (χ3n) is 3.15. The van der Waals surface area contributed by atoms with E-state index in [1.54, 1.807) is 4.90 Å². The number of rotatable bonds is 4. The van der Waals surface area contributed by atoms with Gasteiger partial charge in [-0.2, -0.15) is 0 Å². The normalized spacial score (nSPS) is 19.8. The van der Waals surface area contributed by atoms with Crippen molar-refractivity contribution >= 4 is 17.2 Å². The van der Waals surface area contributed by atoms with Crippen molar-refractivity contribution in [1.82, 2.24) is 10.2 Å². The molecule has 2 rings (SSSR count). The Morgan fingerprint density at radius 3 is 3.17 bits per heavy atom. The summed E-state index contributed by atoms with van der Waals surface area (Å²) in [5.74, 6) is 0.107. The van der Waals surface area contributed by atoms with E-state index in [0.29, 0.717) is 6.54 Å². The molecule has 0 saturated carbocycles. The number of carbonyl (C=O) groups is 1. The number of hydrogen-bond donors (Lipinski definition) is 1. The number of ether oxygens (including phenoxy) is 1. The SMILES string of the molecule is CCc1ccsc1C(=O)N(C)CC1CNCCO1. The molecule has 0 aromatic carbocycles. The number of aryl methyl sites for hydroxylation is 1. The van der Waals surface area contributed by atoms with E-state index >= 15 is 0 Å². The number of likely N-dealkylation sites (N-methyl/N-ethyl adjacent to an activating group) is 1. The van der Waals surface area contributed by atoms with Gasteiger partial charge in [-0.15, -0.1) is 11.3 Å². The summed E-state index contributed by atoms with van der Waals surface area (Å²) >= 11 is 1.52. The molecule has 0 spiro atoms. The smallest absolute Gasteiger partial charge is 0.264 e. The Hall–Kier alpha value is -0.910. The highest BCUT2D eigenvalue weighted by atomic mass is 32.1. The second kappa shape index (κ2) is 6.31. The molecule has 0 aliphatic carbocycles. The molecule has 0 bridgehead atoms. The van der Waals surface area contributed by atoms with Crippen LogP contribution in [-0.2, 0) is 11.2 Å². The Balaban J connectivity index is 1.95. The Bertz CT molecular complexity index is 399. The van der Waals surface area contributed by atoms with Gasteiger partial charge in [0.05, 0.1) is 17.6 Å². The van der Waals surface area contributed by atoms with Crippen LogP contribution in [0.3, 0.4) is 0 Å². The molecular formula is C13H20N2O2S. The van der Waals surface area contributed by atoms with Crippen LogP contribution in [0.25, 0.3) is 0 Å². The van der Waals surface area contributed by atoms with Crippen molar-refractivity contribution in [3.63, 3.8) is 0 Å². The summed E-state index contributed by atoms with van der Waals surface area (Å²) < 4.78 is 5.62. The van der Waals surface area contributed by atoms with Gasteiger partial charge in [-0.25, -0.2) is 0 Å². The fourth-order valence-corrected chi connectivity index (χ4v) is 3.09. The minimum atomic E-state index is 0.107.